The van der Waals surface area contributed by atoms with Crippen molar-refractivity contribution in [3.63, 3.8) is 0 Å². The van der Waals surface area contributed by atoms with Gasteiger partial charge in [-0.05, 0) is 36.9 Å². The van der Waals surface area contributed by atoms with E-state index in [1.807, 2.05) is 17.8 Å². The van der Waals surface area contributed by atoms with E-state index >= 15 is 0 Å². The maximum Gasteiger partial charge on any atom is 0.00159 e. The Balaban J connectivity index is 3.48. The first-order chi connectivity index (χ1) is 9.99. The SMILES string of the molecule is [CH]=CC(C)CCCC(C)CCCC(C)CCCC(C)SC. The zero-order chi connectivity index (χ0) is 16.1. The number of allylic oxidation sites excluding steroid dienone is 1. The van der Waals surface area contributed by atoms with E-state index in [-0.39, 0.29) is 0 Å². The van der Waals surface area contributed by atoms with Gasteiger partial charge in [-0.25, -0.2) is 0 Å². The first-order valence-corrected chi connectivity index (χ1v) is 10.4. The molecular weight excluding hydrogens is 272 g/mol. The predicted octanol–water partition coefficient (Wildman–Crippen LogP) is 7.15. The maximum absolute atomic E-state index is 5.54. The van der Waals surface area contributed by atoms with Gasteiger partial charge in [-0.2, -0.15) is 11.8 Å². The molecule has 0 saturated heterocycles. The van der Waals surface area contributed by atoms with Gasteiger partial charge in [0.1, 0.15) is 0 Å². The highest BCUT2D eigenvalue weighted by molar-refractivity contribution is 7.99. The molecule has 0 aromatic rings. The fourth-order valence-corrected chi connectivity index (χ4v) is 3.26. The van der Waals surface area contributed by atoms with Crippen LogP contribution in [0.15, 0.2) is 6.08 Å². The van der Waals surface area contributed by atoms with Gasteiger partial charge in [-0.15, -0.1) is 0 Å². The molecule has 0 fully saturated rings. The van der Waals surface area contributed by atoms with Crippen molar-refractivity contribution in [2.75, 3.05) is 6.26 Å². The van der Waals surface area contributed by atoms with Crippen LogP contribution in [0.2, 0.25) is 0 Å². The number of hydrogen-bond donors (Lipinski definition) is 0. The fourth-order valence-electron chi connectivity index (χ4n) is 2.86. The average Bonchev–Trinajstić information content (AvgIpc) is 2.46. The average molecular weight is 312 g/mol. The largest absolute Gasteiger partial charge is 0.162 e. The highest BCUT2D eigenvalue weighted by Gasteiger charge is 2.07. The molecule has 0 bridgehead atoms. The lowest BCUT2D eigenvalue weighted by Gasteiger charge is -2.15. The lowest BCUT2D eigenvalue weighted by Crippen LogP contribution is -2.01. The summed E-state index contributed by atoms with van der Waals surface area (Å²) in [6.07, 6.45) is 16.5. The molecule has 21 heavy (non-hydrogen) atoms. The normalized spacial score (nSPS) is 17.2. The van der Waals surface area contributed by atoms with Gasteiger partial charge in [0.2, 0.25) is 0 Å². The highest BCUT2D eigenvalue weighted by Crippen LogP contribution is 2.22. The summed E-state index contributed by atoms with van der Waals surface area (Å²) in [4.78, 5) is 0. The highest BCUT2D eigenvalue weighted by atomic mass is 32.2. The predicted molar refractivity (Wildman–Crippen MR) is 101 cm³/mol. The van der Waals surface area contributed by atoms with Crippen molar-refractivity contribution >= 4 is 11.8 Å². The molecule has 0 aromatic heterocycles. The Morgan fingerprint density at radius 1 is 0.762 bits per heavy atom. The van der Waals surface area contributed by atoms with Crippen LogP contribution in [0.4, 0.5) is 0 Å². The van der Waals surface area contributed by atoms with E-state index in [1.165, 1.54) is 57.8 Å². The molecule has 1 heteroatoms. The second-order valence-electron chi connectivity index (χ2n) is 7.22. The molecule has 0 N–H and O–H groups in total. The van der Waals surface area contributed by atoms with Crippen molar-refractivity contribution in [3.8, 4) is 0 Å². The van der Waals surface area contributed by atoms with E-state index in [4.69, 9.17) is 6.58 Å². The van der Waals surface area contributed by atoms with Crippen LogP contribution >= 0.6 is 11.8 Å². The van der Waals surface area contributed by atoms with Crippen LogP contribution in [0.3, 0.4) is 0 Å². The summed E-state index contributed by atoms with van der Waals surface area (Å²) in [5.41, 5.74) is 0. The maximum atomic E-state index is 5.54. The number of rotatable bonds is 14. The van der Waals surface area contributed by atoms with Gasteiger partial charge in [-0.1, -0.05) is 85.3 Å². The molecule has 0 aliphatic carbocycles. The molecule has 125 valence electrons. The molecule has 0 amide bonds. The first kappa shape index (κ1) is 21.1. The summed E-state index contributed by atoms with van der Waals surface area (Å²) in [5.74, 6) is 2.39. The van der Waals surface area contributed by atoms with Crippen molar-refractivity contribution in [3.05, 3.63) is 12.7 Å². The van der Waals surface area contributed by atoms with Crippen LogP contribution in [0.5, 0.6) is 0 Å². The van der Waals surface area contributed by atoms with Crippen LogP contribution in [0, 0.1) is 24.3 Å². The third-order valence-electron chi connectivity index (χ3n) is 4.79. The Morgan fingerprint density at radius 3 is 1.62 bits per heavy atom. The molecular formula is C20H39S. The summed E-state index contributed by atoms with van der Waals surface area (Å²) in [6.45, 7) is 15.0. The summed E-state index contributed by atoms with van der Waals surface area (Å²) < 4.78 is 0. The standard InChI is InChI=1S/C20H39S/c1-7-17(2)11-8-12-18(3)13-9-14-19(4)15-10-16-20(5)21-6/h1,7,17-20H,8-16H2,2-6H3. The topological polar surface area (TPSA) is 0 Å². The summed E-state index contributed by atoms with van der Waals surface area (Å²) >= 11 is 2.00. The van der Waals surface area contributed by atoms with Crippen molar-refractivity contribution in [1.82, 2.24) is 0 Å². The summed E-state index contributed by atoms with van der Waals surface area (Å²) in [5, 5.41) is 0.838. The van der Waals surface area contributed by atoms with E-state index in [1.54, 1.807) is 0 Å². The minimum absolute atomic E-state index is 0.584. The lowest BCUT2D eigenvalue weighted by atomic mass is 9.91. The van der Waals surface area contributed by atoms with E-state index in [2.05, 4.69) is 34.0 Å². The van der Waals surface area contributed by atoms with Gasteiger partial charge in [0, 0.05) is 5.25 Å². The molecule has 0 saturated carbocycles. The zero-order valence-corrected chi connectivity index (χ0v) is 16.1. The van der Waals surface area contributed by atoms with Crippen LogP contribution in [0.1, 0.15) is 85.5 Å². The zero-order valence-electron chi connectivity index (χ0n) is 15.2. The molecule has 0 rings (SSSR count). The third-order valence-corrected chi connectivity index (χ3v) is 5.83. The van der Waals surface area contributed by atoms with Gasteiger partial charge in [0.25, 0.3) is 0 Å². The second-order valence-corrected chi connectivity index (χ2v) is 8.50. The summed E-state index contributed by atoms with van der Waals surface area (Å²) in [6, 6.07) is 0. The molecule has 0 heterocycles. The van der Waals surface area contributed by atoms with Crippen molar-refractivity contribution in [2.45, 2.75) is 90.7 Å². The smallest absolute Gasteiger partial charge is 0.00159 e. The fraction of sp³-hybridized carbons (Fsp3) is 0.900. The molecule has 1 radical (unpaired) electrons. The Labute approximate surface area is 139 Å². The monoisotopic (exact) mass is 311 g/mol. The molecule has 0 aromatic carbocycles. The minimum Gasteiger partial charge on any atom is -0.162 e. The Bertz CT molecular complexity index is 236. The van der Waals surface area contributed by atoms with Crippen LogP contribution < -0.4 is 0 Å². The van der Waals surface area contributed by atoms with Crippen molar-refractivity contribution < 1.29 is 0 Å². The van der Waals surface area contributed by atoms with Crippen molar-refractivity contribution in [1.29, 1.82) is 0 Å². The lowest BCUT2D eigenvalue weighted by molar-refractivity contribution is 0.390. The van der Waals surface area contributed by atoms with Crippen molar-refractivity contribution in [2.24, 2.45) is 17.8 Å². The molecule has 0 aliphatic heterocycles. The third kappa shape index (κ3) is 13.5. The minimum atomic E-state index is 0.584. The van der Waals surface area contributed by atoms with E-state index in [0.717, 1.165) is 17.1 Å². The Hall–Kier alpha value is 0.0900. The molecule has 0 spiro atoms. The van der Waals surface area contributed by atoms with Gasteiger partial charge >= 0.3 is 0 Å². The first-order valence-electron chi connectivity index (χ1n) is 9.07. The van der Waals surface area contributed by atoms with Gasteiger partial charge in [0.15, 0.2) is 0 Å². The Kier molecular flexibility index (Phi) is 13.8. The molecule has 4 unspecified atom stereocenters. The molecule has 4 atom stereocenters. The number of hydrogen-bond acceptors (Lipinski definition) is 1. The quantitative estimate of drug-likeness (QED) is 0.328. The Morgan fingerprint density at radius 2 is 1.19 bits per heavy atom. The van der Waals surface area contributed by atoms with Gasteiger partial charge in [0.05, 0.1) is 0 Å². The van der Waals surface area contributed by atoms with Crippen LogP contribution in [-0.2, 0) is 0 Å². The van der Waals surface area contributed by atoms with Gasteiger partial charge in [-0.3, -0.25) is 0 Å². The van der Waals surface area contributed by atoms with Gasteiger partial charge < -0.3 is 0 Å². The summed E-state index contributed by atoms with van der Waals surface area (Å²) in [7, 11) is 0. The van der Waals surface area contributed by atoms with Crippen LogP contribution in [0.25, 0.3) is 0 Å². The van der Waals surface area contributed by atoms with E-state index < -0.39 is 0 Å². The molecule has 0 nitrogen and oxygen atoms in total. The molecule has 0 aliphatic rings. The number of thioether (sulfide) groups is 1. The van der Waals surface area contributed by atoms with E-state index in [0.29, 0.717) is 5.92 Å². The van der Waals surface area contributed by atoms with Crippen LogP contribution in [-0.4, -0.2) is 11.5 Å². The van der Waals surface area contributed by atoms with E-state index in [9.17, 15) is 0 Å². The second kappa shape index (κ2) is 13.7.